The molecule has 114 valence electrons. The summed E-state index contributed by atoms with van der Waals surface area (Å²) in [7, 11) is 0. The van der Waals surface area contributed by atoms with E-state index in [2.05, 4.69) is 0 Å². The van der Waals surface area contributed by atoms with E-state index in [-0.39, 0.29) is 17.8 Å². The van der Waals surface area contributed by atoms with Crippen LogP contribution in [0.5, 0.6) is 0 Å². The van der Waals surface area contributed by atoms with Gasteiger partial charge in [0.1, 0.15) is 0 Å². The SMILES string of the molecule is NNc1c(Cl)cc(C(F)(C(F)(F)F)C(F)(F)F)cc1Cl. The van der Waals surface area contributed by atoms with Crippen molar-refractivity contribution < 1.29 is 30.7 Å². The van der Waals surface area contributed by atoms with Gasteiger partial charge in [-0.15, -0.1) is 0 Å². The van der Waals surface area contributed by atoms with Gasteiger partial charge in [-0.1, -0.05) is 23.2 Å². The minimum absolute atomic E-state index is 0.156. The fourth-order valence-corrected chi connectivity index (χ4v) is 1.99. The largest absolute Gasteiger partial charge is 0.435 e. The summed E-state index contributed by atoms with van der Waals surface area (Å²) in [6, 6.07) is 0.313. The number of halogens is 9. The van der Waals surface area contributed by atoms with Crippen molar-refractivity contribution in [3.05, 3.63) is 27.7 Å². The molecule has 0 amide bonds. The third kappa shape index (κ3) is 2.61. The summed E-state index contributed by atoms with van der Waals surface area (Å²) >= 11 is 10.8. The van der Waals surface area contributed by atoms with E-state index < -0.39 is 33.6 Å². The van der Waals surface area contributed by atoms with Crippen molar-refractivity contribution in [2.24, 2.45) is 5.84 Å². The number of nitrogens with two attached hydrogens (primary N) is 1. The van der Waals surface area contributed by atoms with Crippen LogP contribution in [0.4, 0.5) is 36.4 Å². The average Bonchev–Trinajstić information content (AvgIpc) is 2.24. The molecule has 0 bridgehead atoms. The van der Waals surface area contributed by atoms with Gasteiger partial charge in [0, 0.05) is 5.56 Å². The lowest BCUT2D eigenvalue weighted by atomic mass is 9.94. The van der Waals surface area contributed by atoms with E-state index >= 15 is 0 Å². The van der Waals surface area contributed by atoms with E-state index in [9.17, 15) is 30.7 Å². The number of hydrogen-bond donors (Lipinski definition) is 2. The van der Waals surface area contributed by atoms with Crippen molar-refractivity contribution in [2.45, 2.75) is 18.0 Å². The summed E-state index contributed by atoms with van der Waals surface area (Å²) in [4.78, 5) is 0. The highest BCUT2D eigenvalue weighted by Crippen LogP contribution is 2.54. The molecule has 0 spiro atoms. The van der Waals surface area contributed by atoms with Crippen molar-refractivity contribution in [2.75, 3.05) is 5.43 Å². The second kappa shape index (κ2) is 5.12. The summed E-state index contributed by atoms with van der Waals surface area (Å²) < 4.78 is 88.8. The molecule has 0 aromatic heterocycles. The first-order valence-corrected chi connectivity index (χ1v) is 5.40. The van der Waals surface area contributed by atoms with Gasteiger partial charge < -0.3 is 5.43 Å². The molecule has 0 heterocycles. The molecule has 1 aromatic rings. The molecule has 11 heteroatoms. The molecule has 20 heavy (non-hydrogen) atoms. The molecule has 0 atom stereocenters. The molecule has 0 saturated carbocycles. The molecule has 0 aliphatic heterocycles. The van der Waals surface area contributed by atoms with Gasteiger partial charge in [0.25, 0.3) is 0 Å². The monoisotopic (exact) mass is 344 g/mol. The van der Waals surface area contributed by atoms with Gasteiger partial charge in [-0.05, 0) is 12.1 Å². The van der Waals surface area contributed by atoms with Crippen LogP contribution in [0.25, 0.3) is 0 Å². The lowest BCUT2D eigenvalue weighted by Crippen LogP contribution is -2.50. The van der Waals surface area contributed by atoms with Gasteiger partial charge in [-0.25, -0.2) is 4.39 Å². The van der Waals surface area contributed by atoms with Gasteiger partial charge >= 0.3 is 18.0 Å². The van der Waals surface area contributed by atoms with Crippen LogP contribution in [0, 0.1) is 0 Å². The Morgan fingerprint density at radius 1 is 0.850 bits per heavy atom. The highest BCUT2D eigenvalue weighted by molar-refractivity contribution is 6.39. The normalized spacial score (nSPS) is 13.5. The summed E-state index contributed by atoms with van der Waals surface area (Å²) in [5.41, 5.74) is -5.84. The van der Waals surface area contributed by atoms with E-state index in [1.54, 1.807) is 0 Å². The van der Waals surface area contributed by atoms with Crippen LogP contribution in [0.3, 0.4) is 0 Å². The van der Waals surface area contributed by atoms with Crippen LogP contribution in [-0.2, 0) is 5.67 Å². The smallest absolute Gasteiger partial charge is 0.321 e. The highest BCUT2D eigenvalue weighted by atomic mass is 35.5. The lowest BCUT2D eigenvalue weighted by Gasteiger charge is -2.30. The Hall–Kier alpha value is -0.930. The van der Waals surface area contributed by atoms with Gasteiger partial charge in [0.05, 0.1) is 15.7 Å². The minimum atomic E-state index is -6.24. The molecular weight excluding hydrogens is 340 g/mol. The molecule has 0 aliphatic rings. The van der Waals surface area contributed by atoms with Crippen LogP contribution in [-0.4, -0.2) is 12.4 Å². The maximum Gasteiger partial charge on any atom is 0.435 e. The van der Waals surface area contributed by atoms with E-state index in [1.165, 1.54) is 0 Å². The first-order valence-electron chi connectivity index (χ1n) is 4.64. The van der Waals surface area contributed by atoms with E-state index in [0.717, 1.165) is 0 Å². The third-order valence-corrected chi connectivity index (χ3v) is 2.96. The van der Waals surface area contributed by atoms with Crippen LogP contribution in [0.1, 0.15) is 5.56 Å². The fourth-order valence-electron chi connectivity index (χ4n) is 1.40. The molecular formula is C9H5Cl2F7N2. The maximum atomic E-state index is 13.7. The first-order chi connectivity index (χ1) is 8.86. The van der Waals surface area contributed by atoms with Crippen molar-refractivity contribution in [3.8, 4) is 0 Å². The summed E-state index contributed by atoms with van der Waals surface area (Å²) in [5, 5.41) is -1.38. The summed E-state index contributed by atoms with van der Waals surface area (Å²) in [5.74, 6) is 4.93. The van der Waals surface area contributed by atoms with Crippen LogP contribution >= 0.6 is 23.2 Å². The Morgan fingerprint density at radius 3 is 1.45 bits per heavy atom. The quantitative estimate of drug-likeness (QED) is 0.468. The first kappa shape index (κ1) is 17.1. The molecule has 1 rings (SSSR count). The van der Waals surface area contributed by atoms with Crippen molar-refractivity contribution >= 4 is 28.9 Å². The second-order valence-corrected chi connectivity index (χ2v) is 4.43. The van der Waals surface area contributed by atoms with Gasteiger partial charge in [0.15, 0.2) is 0 Å². The predicted octanol–water partition coefficient (Wildman–Crippen LogP) is 4.57. The van der Waals surface area contributed by atoms with Crippen molar-refractivity contribution in [3.63, 3.8) is 0 Å². The third-order valence-electron chi connectivity index (χ3n) is 2.37. The van der Waals surface area contributed by atoms with Gasteiger partial charge in [-0.3, -0.25) is 5.84 Å². The summed E-state index contributed by atoms with van der Waals surface area (Å²) in [6.07, 6.45) is -12.5. The zero-order chi connectivity index (χ0) is 15.9. The van der Waals surface area contributed by atoms with E-state index in [0.29, 0.717) is 0 Å². The molecule has 2 nitrogen and oxygen atoms in total. The molecule has 0 radical (unpaired) electrons. The number of alkyl halides is 7. The number of hydrazine groups is 1. The van der Waals surface area contributed by atoms with E-state index in [1.807, 2.05) is 5.43 Å². The minimum Gasteiger partial charge on any atom is -0.321 e. The standard InChI is InChI=1S/C9H5Cl2F7N2/c10-4-1-3(2-5(11)6(4)20-19)7(12,8(13,14)15)9(16,17)18/h1-2,20H,19H2. The Kier molecular flexibility index (Phi) is 4.38. The van der Waals surface area contributed by atoms with Gasteiger partial charge in [0.2, 0.25) is 0 Å². The Morgan fingerprint density at radius 2 is 1.20 bits per heavy atom. The number of rotatable bonds is 2. The molecule has 1 aromatic carbocycles. The summed E-state index contributed by atoms with van der Waals surface area (Å²) in [6.45, 7) is 0. The molecule has 0 saturated heterocycles. The van der Waals surface area contributed by atoms with E-state index in [4.69, 9.17) is 29.0 Å². The predicted molar refractivity (Wildman–Crippen MR) is 59.2 cm³/mol. The average molecular weight is 345 g/mol. The Bertz CT molecular complexity index is 475. The number of nitrogen functional groups attached to an aromatic ring is 1. The molecule has 0 fully saturated rings. The zero-order valence-corrected chi connectivity index (χ0v) is 10.6. The Balaban J connectivity index is 3.61. The molecule has 3 N–H and O–H groups in total. The molecule has 0 aliphatic carbocycles. The van der Waals surface area contributed by atoms with Crippen LogP contribution in [0.15, 0.2) is 12.1 Å². The lowest BCUT2D eigenvalue weighted by molar-refractivity contribution is -0.348. The van der Waals surface area contributed by atoms with Crippen molar-refractivity contribution in [1.29, 1.82) is 0 Å². The fraction of sp³-hybridized carbons (Fsp3) is 0.333. The number of nitrogens with one attached hydrogen (secondary N) is 1. The van der Waals surface area contributed by atoms with Crippen LogP contribution < -0.4 is 11.3 Å². The topological polar surface area (TPSA) is 38.0 Å². The highest BCUT2D eigenvalue weighted by Gasteiger charge is 2.73. The zero-order valence-electron chi connectivity index (χ0n) is 9.13. The number of hydrogen-bond acceptors (Lipinski definition) is 2. The van der Waals surface area contributed by atoms with Crippen LogP contribution in [0.2, 0.25) is 10.0 Å². The number of benzene rings is 1. The van der Waals surface area contributed by atoms with Crippen molar-refractivity contribution in [1.82, 2.24) is 0 Å². The number of anilines is 1. The second-order valence-electron chi connectivity index (χ2n) is 3.61. The maximum absolute atomic E-state index is 13.7. The Labute approximate surface area is 117 Å². The molecule has 0 unspecified atom stereocenters. The van der Waals surface area contributed by atoms with Gasteiger partial charge in [-0.2, -0.15) is 26.3 Å².